The second kappa shape index (κ2) is 13.5. The van der Waals surface area contributed by atoms with E-state index in [4.69, 9.17) is 4.18 Å². The van der Waals surface area contributed by atoms with Gasteiger partial charge in [0, 0.05) is 12.4 Å². The molecule has 0 saturated carbocycles. The molecule has 0 aliphatic rings. The van der Waals surface area contributed by atoms with E-state index in [2.05, 4.69) is 6.92 Å². The number of likely N-dealkylation sites (N-methyl/N-ethyl adjacent to an activating group) is 1. The molecule has 6 nitrogen and oxygen atoms in total. The van der Waals surface area contributed by atoms with Crippen LogP contribution in [0.4, 0.5) is 0 Å². The van der Waals surface area contributed by atoms with Gasteiger partial charge in [0.2, 0.25) is 0 Å². The Labute approximate surface area is 160 Å². The molecule has 0 amide bonds. The van der Waals surface area contributed by atoms with Crippen molar-refractivity contribution in [2.45, 2.75) is 83.7 Å². The maximum absolute atomic E-state index is 12.1. The predicted octanol–water partition coefficient (Wildman–Crippen LogP) is 2.47. The van der Waals surface area contributed by atoms with Gasteiger partial charge in [-0.2, -0.15) is 8.42 Å². The number of nitrogens with zero attached hydrogens (tertiary/aromatic N) is 1. The van der Waals surface area contributed by atoms with E-state index in [-0.39, 0.29) is 5.75 Å². The Hall–Kier alpha value is -0.660. The molecule has 1 atom stereocenters. The van der Waals surface area contributed by atoms with E-state index in [1.165, 1.54) is 38.5 Å². The highest BCUT2D eigenvalue weighted by Gasteiger charge is 2.25. The monoisotopic (exact) mass is 393 g/mol. The van der Waals surface area contributed by atoms with Crippen molar-refractivity contribution < 1.29 is 27.0 Å². The number of rotatable bonds is 17. The fraction of sp³-hybridized carbons (Fsp3) is 0.947. The number of carbonyl (C=O) groups is 1. The van der Waals surface area contributed by atoms with Crippen molar-refractivity contribution in [1.82, 2.24) is 0 Å². The van der Waals surface area contributed by atoms with E-state index in [1.807, 2.05) is 21.1 Å². The SMILES string of the molecule is CCCCCCCCCCCCS(=O)(=O)OC(CC(=O)[O-])C[N+](C)(C)C. The molecule has 0 fully saturated rings. The molecule has 1 unspecified atom stereocenters. The van der Waals surface area contributed by atoms with Crippen molar-refractivity contribution in [2.24, 2.45) is 0 Å². The van der Waals surface area contributed by atoms with Gasteiger partial charge < -0.3 is 14.4 Å². The summed E-state index contributed by atoms with van der Waals surface area (Å²) in [5.41, 5.74) is 0. The number of quaternary nitrogens is 1. The molecule has 0 aromatic heterocycles. The second-order valence-corrected chi connectivity index (χ2v) is 9.93. The fourth-order valence-electron chi connectivity index (χ4n) is 2.95. The maximum Gasteiger partial charge on any atom is 0.267 e. The molecule has 0 spiro atoms. The first-order chi connectivity index (χ1) is 12.1. The van der Waals surface area contributed by atoms with E-state index < -0.39 is 28.6 Å². The van der Waals surface area contributed by atoms with Crippen molar-refractivity contribution in [3.8, 4) is 0 Å². The van der Waals surface area contributed by atoms with Gasteiger partial charge in [0.05, 0.1) is 26.9 Å². The van der Waals surface area contributed by atoms with Gasteiger partial charge in [-0.05, 0) is 6.42 Å². The summed E-state index contributed by atoms with van der Waals surface area (Å²) in [6.45, 7) is 2.51. The van der Waals surface area contributed by atoms with Gasteiger partial charge in [0.25, 0.3) is 10.1 Å². The van der Waals surface area contributed by atoms with Gasteiger partial charge >= 0.3 is 0 Å². The molecule has 0 saturated heterocycles. The number of aliphatic carboxylic acids is 1. The zero-order valence-corrected chi connectivity index (χ0v) is 18.0. The molecule has 0 bridgehead atoms. The third kappa shape index (κ3) is 16.8. The highest BCUT2D eigenvalue weighted by Crippen LogP contribution is 2.13. The quantitative estimate of drug-likeness (QED) is 0.215. The first-order valence-electron chi connectivity index (χ1n) is 9.97. The lowest BCUT2D eigenvalue weighted by molar-refractivity contribution is -0.873. The first kappa shape index (κ1) is 25.3. The van der Waals surface area contributed by atoms with Crippen LogP contribution >= 0.6 is 0 Å². The van der Waals surface area contributed by atoms with Crippen LogP contribution < -0.4 is 5.11 Å². The average Bonchev–Trinajstić information content (AvgIpc) is 2.46. The summed E-state index contributed by atoms with van der Waals surface area (Å²) < 4.78 is 29.8. The molecule has 0 rings (SSSR count). The average molecular weight is 394 g/mol. The number of unbranched alkanes of at least 4 members (excludes halogenated alkanes) is 9. The minimum atomic E-state index is -3.71. The first-order valence-corrected chi connectivity index (χ1v) is 11.5. The minimum Gasteiger partial charge on any atom is -0.550 e. The highest BCUT2D eigenvalue weighted by atomic mass is 32.2. The van der Waals surface area contributed by atoms with Crippen molar-refractivity contribution >= 4 is 16.1 Å². The lowest BCUT2D eigenvalue weighted by Gasteiger charge is -2.29. The van der Waals surface area contributed by atoms with Gasteiger partial charge in [-0.25, -0.2) is 0 Å². The third-order valence-corrected chi connectivity index (χ3v) is 5.53. The van der Waals surface area contributed by atoms with Crippen LogP contribution in [-0.4, -0.2) is 58.4 Å². The van der Waals surface area contributed by atoms with E-state index in [1.54, 1.807) is 0 Å². The molecule has 0 aromatic rings. The van der Waals surface area contributed by atoms with Crippen LogP contribution in [0.5, 0.6) is 0 Å². The highest BCUT2D eigenvalue weighted by molar-refractivity contribution is 7.86. The minimum absolute atomic E-state index is 0.0514. The molecule has 0 heterocycles. The summed E-state index contributed by atoms with van der Waals surface area (Å²) in [5.74, 6) is -1.35. The number of carboxylic acid groups (broad SMARTS) is 1. The van der Waals surface area contributed by atoms with E-state index in [0.717, 1.165) is 19.3 Å². The third-order valence-electron chi connectivity index (χ3n) is 4.18. The molecular weight excluding hydrogens is 354 g/mol. The Balaban J connectivity index is 4.02. The Morgan fingerprint density at radius 3 is 1.81 bits per heavy atom. The molecule has 7 heteroatoms. The van der Waals surface area contributed by atoms with Gasteiger partial charge in [-0.3, -0.25) is 4.18 Å². The Kier molecular flexibility index (Phi) is 13.2. The molecule has 0 aromatic carbocycles. The Morgan fingerprint density at radius 1 is 0.923 bits per heavy atom. The molecule has 0 aliphatic carbocycles. The summed E-state index contributed by atoms with van der Waals surface area (Å²) in [5, 5.41) is 10.8. The topological polar surface area (TPSA) is 83.5 Å². The lowest BCUT2D eigenvalue weighted by atomic mass is 10.1. The number of hydrogen-bond donors (Lipinski definition) is 0. The normalized spacial score (nSPS) is 13.7. The van der Waals surface area contributed by atoms with Gasteiger partial charge in [-0.1, -0.05) is 64.7 Å². The predicted molar refractivity (Wildman–Crippen MR) is 103 cm³/mol. The number of carboxylic acids is 1. The van der Waals surface area contributed by atoms with Crippen LogP contribution in [0, 0.1) is 0 Å². The van der Waals surface area contributed by atoms with Crippen LogP contribution in [-0.2, 0) is 19.1 Å². The Morgan fingerprint density at radius 2 is 1.38 bits per heavy atom. The summed E-state index contributed by atoms with van der Waals surface area (Å²) in [4.78, 5) is 10.8. The van der Waals surface area contributed by atoms with Crippen molar-refractivity contribution in [3.63, 3.8) is 0 Å². The van der Waals surface area contributed by atoms with Crippen LogP contribution in [0.3, 0.4) is 0 Å². The summed E-state index contributed by atoms with van der Waals surface area (Å²) in [7, 11) is 1.88. The Bertz CT molecular complexity index is 471. The zero-order chi connectivity index (χ0) is 20.1. The van der Waals surface area contributed by atoms with Crippen LogP contribution in [0.15, 0.2) is 0 Å². The van der Waals surface area contributed by atoms with Crippen molar-refractivity contribution in [2.75, 3.05) is 33.4 Å². The van der Waals surface area contributed by atoms with E-state index in [9.17, 15) is 18.3 Å². The second-order valence-electron chi connectivity index (χ2n) is 8.21. The summed E-state index contributed by atoms with van der Waals surface area (Å²) in [6.07, 6.45) is 9.95. The number of hydrogen-bond acceptors (Lipinski definition) is 5. The fourth-order valence-corrected chi connectivity index (χ4v) is 4.14. The van der Waals surface area contributed by atoms with Crippen LogP contribution in [0.25, 0.3) is 0 Å². The summed E-state index contributed by atoms with van der Waals surface area (Å²) >= 11 is 0. The maximum atomic E-state index is 12.1. The van der Waals surface area contributed by atoms with Gasteiger partial charge in [-0.15, -0.1) is 0 Å². The molecule has 0 radical (unpaired) electrons. The smallest absolute Gasteiger partial charge is 0.267 e. The van der Waals surface area contributed by atoms with Gasteiger partial charge in [0.1, 0.15) is 12.6 Å². The molecule has 26 heavy (non-hydrogen) atoms. The van der Waals surface area contributed by atoms with Gasteiger partial charge in [0.15, 0.2) is 0 Å². The van der Waals surface area contributed by atoms with Crippen molar-refractivity contribution in [1.29, 1.82) is 0 Å². The van der Waals surface area contributed by atoms with Crippen LogP contribution in [0.2, 0.25) is 0 Å². The summed E-state index contributed by atoms with van der Waals surface area (Å²) in [6, 6.07) is 0. The van der Waals surface area contributed by atoms with E-state index >= 15 is 0 Å². The molecule has 0 N–H and O–H groups in total. The molecular formula is C19H39NO5S. The molecule has 156 valence electrons. The zero-order valence-electron chi connectivity index (χ0n) is 17.2. The lowest BCUT2D eigenvalue weighted by Crippen LogP contribution is -2.45. The standard InChI is InChI=1S/C19H39NO5S/c1-5-6-7-8-9-10-11-12-13-14-15-26(23,24)25-18(16-19(21)22)17-20(2,3)4/h18H,5-17H2,1-4H3. The largest absolute Gasteiger partial charge is 0.550 e. The van der Waals surface area contributed by atoms with Crippen molar-refractivity contribution in [3.05, 3.63) is 0 Å². The number of carbonyl (C=O) groups excluding carboxylic acids is 1. The van der Waals surface area contributed by atoms with Crippen LogP contribution in [0.1, 0.15) is 77.6 Å². The molecule has 0 aliphatic heterocycles. The van der Waals surface area contributed by atoms with E-state index in [0.29, 0.717) is 17.4 Å².